The molecule has 0 saturated carbocycles. The predicted octanol–water partition coefficient (Wildman–Crippen LogP) is 1.53. The second-order valence-electron chi connectivity index (χ2n) is 5.64. The Morgan fingerprint density at radius 2 is 2.10 bits per heavy atom. The van der Waals surface area contributed by atoms with Crippen molar-refractivity contribution in [2.24, 2.45) is 0 Å². The Morgan fingerprint density at radius 1 is 1.43 bits per heavy atom. The summed E-state index contributed by atoms with van der Waals surface area (Å²) >= 11 is 0. The molecular weight excluding hydrogens is 279 g/mol. The Hall–Kier alpha value is -1.73. The summed E-state index contributed by atoms with van der Waals surface area (Å²) in [4.78, 5) is 14.8. The van der Waals surface area contributed by atoms with Crippen LogP contribution in [0.2, 0.25) is 0 Å². The van der Waals surface area contributed by atoms with Crippen molar-refractivity contribution in [1.29, 1.82) is 0 Å². The van der Waals surface area contributed by atoms with Gasteiger partial charge in [-0.3, -0.25) is 0 Å². The van der Waals surface area contributed by atoms with Crippen molar-refractivity contribution in [2.75, 3.05) is 6.54 Å². The summed E-state index contributed by atoms with van der Waals surface area (Å²) in [7, 11) is 0. The molecule has 1 aromatic rings. The number of ether oxygens (including phenoxy) is 1. The lowest BCUT2D eigenvalue weighted by atomic mass is 10.0. The SMILES string of the molecule is CC(C)(C)OC(=O)NCCC(O)C(O)c1ccc(F)nc1. The number of aromatic nitrogens is 1. The number of hydrogen-bond donors (Lipinski definition) is 3. The van der Waals surface area contributed by atoms with E-state index in [1.807, 2.05) is 0 Å². The number of halogens is 1. The van der Waals surface area contributed by atoms with Gasteiger partial charge in [0.1, 0.15) is 11.7 Å². The highest BCUT2D eigenvalue weighted by Gasteiger charge is 2.20. The van der Waals surface area contributed by atoms with Gasteiger partial charge in [0.05, 0.1) is 6.10 Å². The number of rotatable bonds is 5. The molecule has 1 aromatic heterocycles. The fourth-order valence-corrected chi connectivity index (χ4v) is 1.58. The Bertz CT molecular complexity index is 459. The molecule has 1 rings (SSSR count). The van der Waals surface area contributed by atoms with Crippen LogP contribution in [0.5, 0.6) is 0 Å². The summed E-state index contributed by atoms with van der Waals surface area (Å²) in [6.07, 6.45) is -1.61. The average molecular weight is 300 g/mol. The summed E-state index contributed by atoms with van der Waals surface area (Å²) < 4.78 is 17.7. The van der Waals surface area contributed by atoms with Crippen LogP contribution in [-0.4, -0.2) is 39.5 Å². The maximum absolute atomic E-state index is 12.7. The third-order valence-corrected chi connectivity index (χ3v) is 2.56. The van der Waals surface area contributed by atoms with Gasteiger partial charge in [-0.05, 0) is 33.3 Å². The molecule has 2 unspecified atom stereocenters. The van der Waals surface area contributed by atoms with Crippen molar-refractivity contribution >= 4 is 6.09 Å². The first-order chi connectivity index (χ1) is 9.69. The van der Waals surface area contributed by atoms with Gasteiger partial charge in [0, 0.05) is 18.3 Å². The van der Waals surface area contributed by atoms with E-state index in [0.29, 0.717) is 5.56 Å². The molecule has 0 radical (unpaired) electrons. The fraction of sp³-hybridized carbons (Fsp3) is 0.571. The molecule has 0 spiro atoms. The van der Waals surface area contributed by atoms with Gasteiger partial charge in [0.2, 0.25) is 5.95 Å². The minimum absolute atomic E-state index is 0.123. The first-order valence-electron chi connectivity index (χ1n) is 6.63. The highest BCUT2D eigenvalue weighted by molar-refractivity contribution is 5.67. The Kier molecular flexibility index (Phi) is 6.04. The summed E-state index contributed by atoms with van der Waals surface area (Å²) in [6, 6.07) is 2.45. The summed E-state index contributed by atoms with van der Waals surface area (Å²) in [5, 5.41) is 22.2. The van der Waals surface area contributed by atoms with E-state index in [0.717, 1.165) is 12.3 Å². The van der Waals surface area contributed by atoms with Crippen LogP contribution >= 0.6 is 0 Å². The zero-order valence-corrected chi connectivity index (χ0v) is 12.3. The number of nitrogens with zero attached hydrogens (tertiary/aromatic N) is 1. The molecule has 118 valence electrons. The number of hydrogen-bond acceptors (Lipinski definition) is 5. The van der Waals surface area contributed by atoms with Gasteiger partial charge in [0.25, 0.3) is 0 Å². The third kappa shape index (κ3) is 6.50. The van der Waals surface area contributed by atoms with Gasteiger partial charge in [-0.2, -0.15) is 4.39 Å². The van der Waals surface area contributed by atoms with E-state index < -0.39 is 29.8 Å². The maximum atomic E-state index is 12.7. The molecule has 0 saturated heterocycles. The number of alkyl carbamates (subject to hydrolysis) is 1. The van der Waals surface area contributed by atoms with E-state index in [4.69, 9.17) is 4.74 Å². The second-order valence-corrected chi connectivity index (χ2v) is 5.64. The fourth-order valence-electron chi connectivity index (χ4n) is 1.58. The first kappa shape index (κ1) is 17.3. The molecule has 3 N–H and O–H groups in total. The standard InChI is InChI=1S/C14H21FN2O4/c1-14(2,3)21-13(20)16-7-6-10(18)12(19)9-4-5-11(15)17-8-9/h4-5,8,10,12,18-19H,6-7H2,1-3H3,(H,16,20). The minimum atomic E-state index is -1.20. The third-order valence-electron chi connectivity index (χ3n) is 2.56. The summed E-state index contributed by atoms with van der Waals surface area (Å²) in [5.74, 6) is -0.660. The lowest BCUT2D eigenvalue weighted by molar-refractivity contribution is 0.0120. The first-order valence-corrected chi connectivity index (χ1v) is 6.63. The topological polar surface area (TPSA) is 91.7 Å². The quantitative estimate of drug-likeness (QED) is 0.717. The number of carbonyl (C=O) groups is 1. The lowest BCUT2D eigenvalue weighted by Gasteiger charge is -2.21. The van der Waals surface area contributed by atoms with Gasteiger partial charge in [0.15, 0.2) is 0 Å². The van der Waals surface area contributed by atoms with E-state index in [-0.39, 0.29) is 13.0 Å². The molecule has 0 aliphatic carbocycles. The second kappa shape index (κ2) is 7.33. The highest BCUT2D eigenvalue weighted by Crippen LogP contribution is 2.18. The number of amides is 1. The molecule has 7 heteroatoms. The van der Waals surface area contributed by atoms with Crippen molar-refractivity contribution in [3.8, 4) is 0 Å². The van der Waals surface area contributed by atoms with Crippen LogP contribution in [0.3, 0.4) is 0 Å². The zero-order chi connectivity index (χ0) is 16.0. The molecule has 0 aliphatic heterocycles. The van der Waals surface area contributed by atoms with Crippen LogP contribution < -0.4 is 5.32 Å². The van der Waals surface area contributed by atoms with E-state index in [1.54, 1.807) is 20.8 Å². The van der Waals surface area contributed by atoms with E-state index in [2.05, 4.69) is 10.3 Å². The van der Waals surface area contributed by atoms with Gasteiger partial charge < -0.3 is 20.3 Å². The van der Waals surface area contributed by atoms with Crippen LogP contribution in [0.1, 0.15) is 38.9 Å². The molecule has 6 nitrogen and oxygen atoms in total. The van der Waals surface area contributed by atoms with Crippen LogP contribution in [-0.2, 0) is 4.74 Å². The molecule has 1 amide bonds. The largest absolute Gasteiger partial charge is 0.444 e. The summed E-state index contributed by atoms with van der Waals surface area (Å²) in [6.45, 7) is 5.37. The number of carbonyl (C=O) groups excluding carboxylic acids is 1. The van der Waals surface area contributed by atoms with Gasteiger partial charge in [-0.15, -0.1) is 0 Å². The van der Waals surface area contributed by atoms with Crippen molar-refractivity contribution in [3.05, 3.63) is 29.8 Å². The van der Waals surface area contributed by atoms with Crippen LogP contribution in [0.15, 0.2) is 18.3 Å². The van der Waals surface area contributed by atoms with Crippen LogP contribution in [0.25, 0.3) is 0 Å². The zero-order valence-electron chi connectivity index (χ0n) is 12.3. The summed E-state index contributed by atoms with van der Waals surface area (Å²) in [5.41, 5.74) is -0.289. The smallest absolute Gasteiger partial charge is 0.407 e. The molecule has 0 fully saturated rings. The normalized spacial score (nSPS) is 14.4. The lowest BCUT2D eigenvalue weighted by Crippen LogP contribution is -2.34. The number of aliphatic hydroxyl groups excluding tert-OH is 2. The molecule has 0 bridgehead atoms. The number of nitrogens with one attached hydrogen (secondary N) is 1. The average Bonchev–Trinajstić information content (AvgIpc) is 2.36. The van der Waals surface area contributed by atoms with Crippen molar-refractivity contribution in [1.82, 2.24) is 10.3 Å². The minimum Gasteiger partial charge on any atom is -0.444 e. The Labute approximate surface area is 123 Å². The van der Waals surface area contributed by atoms with Crippen LogP contribution in [0, 0.1) is 5.95 Å². The van der Waals surface area contributed by atoms with E-state index in [1.165, 1.54) is 6.07 Å². The number of aliphatic hydroxyl groups is 2. The molecule has 2 atom stereocenters. The van der Waals surface area contributed by atoms with Crippen molar-refractivity contribution in [2.45, 2.75) is 45.0 Å². The van der Waals surface area contributed by atoms with Crippen LogP contribution in [0.4, 0.5) is 9.18 Å². The highest BCUT2D eigenvalue weighted by atomic mass is 19.1. The monoisotopic (exact) mass is 300 g/mol. The van der Waals surface area contributed by atoms with Gasteiger partial charge in [-0.25, -0.2) is 9.78 Å². The molecule has 0 aliphatic rings. The predicted molar refractivity (Wildman–Crippen MR) is 74.0 cm³/mol. The molecule has 21 heavy (non-hydrogen) atoms. The van der Waals surface area contributed by atoms with Gasteiger partial charge >= 0.3 is 6.09 Å². The molecule has 0 aromatic carbocycles. The molecule has 1 heterocycles. The van der Waals surface area contributed by atoms with Gasteiger partial charge in [-0.1, -0.05) is 6.07 Å². The maximum Gasteiger partial charge on any atom is 0.407 e. The van der Waals surface area contributed by atoms with E-state index in [9.17, 15) is 19.4 Å². The van der Waals surface area contributed by atoms with Crippen molar-refractivity contribution in [3.63, 3.8) is 0 Å². The Balaban J connectivity index is 2.38. The Morgan fingerprint density at radius 3 is 2.62 bits per heavy atom. The number of pyridine rings is 1. The molecular formula is C14H21FN2O4. The van der Waals surface area contributed by atoms with E-state index >= 15 is 0 Å². The van der Waals surface area contributed by atoms with Crippen molar-refractivity contribution < 1.29 is 24.1 Å².